The molecular weight excluding hydrogens is 281 g/mol. The molecule has 3 aromatic rings. The summed E-state index contributed by atoms with van der Waals surface area (Å²) in [4.78, 5) is 0. The highest BCUT2D eigenvalue weighted by molar-refractivity contribution is 5.73. The van der Waals surface area contributed by atoms with E-state index in [1.54, 1.807) is 6.07 Å². The van der Waals surface area contributed by atoms with Crippen molar-refractivity contribution in [1.82, 2.24) is 15.0 Å². The van der Waals surface area contributed by atoms with Crippen LogP contribution in [0, 0.1) is 12.7 Å². The highest BCUT2D eigenvalue weighted by Crippen LogP contribution is 2.14. The summed E-state index contributed by atoms with van der Waals surface area (Å²) in [5.74, 6) is -0.206. The Morgan fingerprint density at radius 1 is 1.14 bits per heavy atom. The number of aryl methyl sites for hydroxylation is 2. The van der Waals surface area contributed by atoms with Gasteiger partial charge in [0.1, 0.15) is 11.3 Å². The maximum Gasteiger partial charge on any atom is 0.128 e. The molecule has 0 radical (unpaired) electrons. The Bertz CT molecular complexity index is 749. The number of hydrogen-bond donors (Lipinski definition) is 0. The zero-order valence-corrected chi connectivity index (χ0v) is 12.5. The number of rotatable bonds is 6. The summed E-state index contributed by atoms with van der Waals surface area (Å²) < 4.78 is 21.1. The zero-order chi connectivity index (χ0) is 15.4. The van der Waals surface area contributed by atoms with Gasteiger partial charge < -0.3 is 4.74 Å². The molecule has 0 amide bonds. The fourth-order valence-electron chi connectivity index (χ4n) is 2.42. The second-order valence-corrected chi connectivity index (χ2v) is 5.24. The second-order valence-electron chi connectivity index (χ2n) is 5.24. The third-order valence-electron chi connectivity index (χ3n) is 3.68. The normalized spacial score (nSPS) is 11.2. The largest absolute Gasteiger partial charge is 0.377 e. The van der Waals surface area contributed by atoms with E-state index in [4.69, 9.17) is 4.74 Å². The standard InChI is InChI=1S/C17H18FN3O/c1-13-6-4-7-15(18)14(13)12-22-11-5-10-21-17-9-3-2-8-16(17)19-20-21/h2-4,6-9H,5,10-12H2,1H3. The molecule has 4 nitrogen and oxygen atoms in total. The van der Waals surface area contributed by atoms with Gasteiger partial charge in [-0.15, -0.1) is 5.10 Å². The van der Waals surface area contributed by atoms with Crippen LogP contribution in [0.2, 0.25) is 0 Å². The van der Waals surface area contributed by atoms with Gasteiger partial charge in [0.15, 0.2) is 0 Å². The molecule has 0 bridgehead atoms. The van der Waals surface area contributed by atoms with Gasteiger partial charge >= 0.3 is 0 Å². The van der Waals surface area contributed by atoms with Gasteiger partial charge in [0.2, 0.25) is 0 Å². The average Bonchev–Trinajstić information content (AvgIpc) is 2.93. The van der Waals surface area contributed by atoms with Crippen LogP contribution in [0.3, 0.4) is 0 Å². The van der Waals surface area contributed by atoms with E-state index in [9.17, 15) is 4.39 Å². The van der Waals surface area contributed by atoms with Crippen molar-refractivity contribution in [2.75, 3.05) is 6.61 Å². The molecule has 0 aliphatic rings. The molecule has 22 heavy (non-hydrogen) atoms. The Morgan fingerprint density at radius 2 is 2.00 bits per heavy atom. The van der Waals surface area contributed by atoms with Crippen molar-refractivity contribution in [3.8, 4) is 0 Å². The summed E-state index contributed by atoms with van der Waals surface area (Å²) in [5, 5.41) is 8.24. The molecule has 0 saturated heterocycles. The molecule has 2 aromatic carbocycles. The lowest BCUT2D eigenvalue weighted by atomic mass is 10.1. The molecule has 114 valence electrons. The van der Waals surface area contributed by atoms with Crippen LogP contribution in [0.25, 0.3) is 11.0 Å². The zero-order valence-electron chi connectivity index (χ0n) is 12.5. The van der Waals surface area contributed by atoms with E-state index < -0.39 is 0 Å². The molecule has 3 rings (SSSR count). The Hall–Kier alpha value is -2.27. The van der Waals surface area contributed by atoms with Crippen molar-refractivity contribution in [2.45, 2.75) is 26.5 Å². The van der Waals surface area contributed by atoms with Crippen LogP contribution in [0.1, 0.15) is 17.5 Å². The van der Waals surface area contributed by atoms with Crippen LogP contribution in [-0.2, 0) is 17.9 Å². The van der Waals surface area contributed by atoms with E-state index in [1.807, 2.05) is 41.9 Å². The Morgan fingerprint density at radius 3 is 2.86 bits per heavy atom. The van der Waals surface area contributed by atoms with Crippen molar-refractivity contribution >= 4 is 11.0 Å². The quantitative estimate of drug-likeness (QED) is 0.654. The molecule has 0 atom stereocenters. The third-order valence-corrected chi connectivity index (χ3v) is 3.68. The van der Waals surface area contributed by atoms with Crippen LogP contribution in [-0.4, -0.2) is 21.6 Å². The Balaban J connectivity index is 1.50. The summed E-state index contributed by atoms with van der Waals surface area (Å²) >= 11 is 0. The van der Waals surface area contributed by atoms with Crippen molar-refractivity contribution in [3.63, 3.8) is 0 Å². The fourth-order valence-corrected chi connectivity index (χ4v) is 2.42. The van der Waals surface area contributed by atoms with Gasteiger partial charge in [-0.1, -0.05) is 29.5 Å². The molecule has 0 fully saturated rings. The van der Waals surface area contributed by atoms with Crippen molar-refractivity contribution < 1.29 is 9.13 Å². The van der Waals surface area contributed by atoms with Gasteiger partial charge in [0.05, 0.1) is 12.1 Å². The van der Waals surface area contributed by atoms with E-state index in [2.05, 4.69) is 10.3 Å². The second kappa shape index (κ2) is 6.66. The van der Waals surface area contributed by atoms with Crippen LogP contribution in [0.4, 0.5) is 4.39 Å². The van der Waals surface area contributed by atoms with E-state index in [-0.39, 0.29) is 5.82 Å². The highest BCUT2D eigenvalue weighted by Gasteiger charge is 2.06. The predicted octanol–water partition coefficient (Wildman–Crippen LogP) is 3.49. The summed E-state index contributed by atoms with van der Waals surface area (Å²) in [6, 6.07) is 12.9. The molecule has 5 heteroatoms. The topological polar surface area (TPSA) is 39.9 Å². The van der Waals surface area contributed by atoms with E-state index in [0.29, 0.717) is 18.8 Å². The van der Waals surface area contributed by atoms with Gasteiger partial charge in [0.25, 0.3) is 0 Å². The smallest absolute Gasteiger partial charge is 0.128 e. The molecule has 0 saturated carbocycles. The predicted molar refractivity (Wildman–Crippen MR) is 82.9 cm³/mol. The highest BCUT2D eigenvalue weighted by atomic mass is 19.1. The molecule has 1 heterocycles. The van der Waals surface area contributed by atoms with Gasteiger partial charge in [-0.3, -0.25) is 0 Å². The number of ether oxygens (including phenoxy) is 1. The van der Waals surface area contributed by atoms with Crippen molar-refractivity contribution in [2.24, 2.45) is 0 Å². The number of fused-ring (bicyclic) bond motifs is 1. The lowest BCUT2D eigenvalue weighted by molar-refractivity contribution is 0.112. The summed E-state index contributed by atoms with van der Waals surface area (Å²) in [5.41, 5.74) is 3.47. The average molecular weight is 299 g/mol. The first-order valence-corrected chi connectivity index (χ1v) is 7.35. The number of benzene rings is 2. The van der Waals surface area contributed by atoms with Gasteiger partial charge in [-0.2, -0.15) is 0 Å². The molecular formula is C17H18FN3O. The minimum atomic E-state index is -0.206. The minimum Gasteiger partial charge on any atom is -0.377 e. The molecule has 0 unspecified atom stereocenters. The first-order valence-electron chi connectivity index (χ1n) is 7.35. The number of halogens is 1. The molecule has 1 aromatic heterocycles. The molecule has 0 N–H and O–H groups in total. The number of para-hydroxylation sites is 1. The van der Waals surface area contributed by atoms with E-state index >= 15 is 0 Å². The SMILES string of the molecule is Cc1cccc(F)c1COCCCn1nnc2ccccc21. The summed E-state index contributed by atoms with van der Waals surface area (Å²) in [6.07, 6.45) is 0.806. The Kier molecular flexibility index (Phi) is 4.44. The molecule has 0 aliphatic heterocycles. The van der Waals surface area contributed by atoms with Gasteiger partial charge in [-0.05, 0) is 37.1 Å². The Labute approximate surface area is 128 Å². The number of aromatic nitrogens is 3. The van der Waals surface area contributed by atoms with Crippen molar-refractivity contribution in [1.29, 1.82) is 0 Å². The maximum absolute atomic E-state index is 13.7. The molecule has 0 aliphatic carbocycles. The van der Waals surface area contributed by atoms with Crippen molar-refractivity contribution in [3.05, 3.63) is 59.4 Å². The van der Waals surface area contributed by atoms with E-state index in [1.165, 1.54) is 6.07 Å². The molecule has 0 spiro atoms. The van der Waals surface area contributed by atoms with Crippen LogP contribution in [0.15, 0.2) is 42.5 Å². The lowest BCUT2D eigenvalue weighted by Crippen LogP contribution is -2.05. The van der Waals surface area contributed by atoms with Crippen LogP contribution >= 0.6 is 0 Å². The maximum atomic E-state index is 13.7. The first-order chi connectivity index (χ1) is 10.8. The van der Waals surface area contributed by atoms with Gasteiger partial charge in [0, 0.05) is 18.7 Å². The first kappa shape index (κ1) is 14.7. The van der Waals surface area contributed by atoms with E-state index in [0.717, 1.165) is 29.6 Å². The van der Waals surface area contributed by atoms with Crippen LogP contribution in [0.5, 0.6) is 0 Å². The monoisotopic (exact) mass is 299 g/mol. The number of hydrogen-bond acceptors (Lipinski definition) is 3. The van der Waals surface area contributed by atoms with Crippen LogP contribution < -0.4 is 0 Å². The fraction of sp³-hybridized carbons (Fsp3) is 0.294. The number of nitrogens with zero attached hydrogens (tertiary/aromatic N) is 3. The summed E-state index contributed by atoms with van der Waals surface area (Å²) in [6.45, 7) is 3.48. The lowest BCUT2D eigenvalue weighted by Gasteiger charge is -2.08. The minimum absolute atomic E-state index is 0.206. The van der Waals surface area contributed by atoms with Gasteiger partial charge in [-0.25, -0.2) is 9.07 Å². The summed E-state index contributed by atoms with van der Waals surface area (Å²) in [7, 11) is 0. The third kappa shape index (κ3) is 3.14.